The molecule has 2 amide bonds. The van der Waals surface area contributed by atoms with Gasteiger partial charge in [-0.2, -0.15) is 18.5 Å². The summed E-state index contributed by atoms with van der Waals surface area (Å²) in [5, 5.41) is 24.9. The van der Waals surface area contributed by atoms with E-state index in [0.717, 1.165) is 0 Å². The van der Waals surface area contributed by atoms with Gasteiger partial charge in [0.2, 0.25) is 5.91 Å². The van der Waals surface area contributed by atoms with Crippen LogP contribution in [0.2, 0.25) is 0 Å². The summed E-state index contributed by atoms with van der Waals surface area (Å²) in [6, 6.07) is 20.9. The van der Waals surface area contributed by atoms with Crippen LogP contribution >= 0.6 is 0 Å². The van der Waals surface area contributed by atoms with Gasteiger partial charge in [0.1, 0.15) is 30.0 Å². The molecule has 3 aromatic carbocycles. The number of hydrogen-bond acceptors (Lipinski definition) is 9. The Hall–Kier alpha value is -5.45. The minimum absolute atomic E-state index is 0.0717. The molecule has 47 heavy (non-hydrogen) atoms. The number of carbonyl (C=O) groups excluding carboxylic acids is 1. The Morgan fingerprint density at radius 2 is 1.66 bits per heavy atom. The van der Waals surface area contributed by atoms with Crippen molar-refractivity contribution in [3.63, 3.8) is 0 Å². The zero-order valence-electron chi connectivity index (χ0n) is 25.6. The fourth-order valence-corrected chi connectivity index (χ4v) is 9.04. The van der Waals surface area contributed by atoms with Crippen LogP contribution in [0, 0.1) is 11.3 Å². The average molecular weight is 655 g/mol. The van der Waals surface area contributed by atoms with E-state index in [-0.39, 0.29) is 17.3 Å². The number of carbonyl (C=O) groups is 2. The number of hydrogen-bond donors (Lipinski definition) is 2. The predicted octanol–water partition coefficient (Wildman–Crippen LogP) is 4.93. The maximum atomic E-state index is 15.2. The first-order valence-corrected chi connectivity index (χ1v) is 16.3. The molecule has 3 heterocycles. The van der Waals surface area contributed by atoms with E-state index in [1.54, 1.807) is 78.6 Å². The molecular formula is C34H32N5O7S+. The monoisotopic (exact) mass is 654 g/mol. The van der Waals surface area contributed by atoms with Crippen LogP contribution in [0.25, 0.3) is 0 Å². The van der Waals surface area contributed by atoms with Crippen molar-refractivity contribution in [1.29, 1.82) is 5.26 Å². The maximum Gasteiger partial charge on any atom is 0.530 e. The van der Waals surface area contributed by atoms with Gasteiger partial charge in [-0.15, -0.1) is 3.89 Å². The Morgan fingerprint density at radius 3 is 2.32 bits per heavy atom. The van der Waals surface area contributed by atoms with Crippen LogP contribution in [0.4, 0.5) is 16.2 Å². The number of nitriles is 1. The number of methoxy groups -OCH3 is 1. The van der Waals surface area contributed by atoms with Gasteiger partial charge in [0.25, 0.3) is 0 Å². The highest BCUT2D eigenvalue weighted by molar-refractivity contribution is 7.86. The number of pyridine rings is 1. The van der Waals surface area contributed by atoms with Crippen LogP contribution in [0.3, 0.4) is 0 Å². The number of nitrogens with zero attached hydrogens (tertiary/aromatic N) is 4. The van der Waals surface area contributed by atoms with Gasteiger partial charge in [-0.25, -0.2) is 0 Å². The lowest BCUT2D eigenvalue weighted by Gasteiger charge is -2.53. The molecule has 1 fully saturated rings. The number of sulfonamides is 1. The highest BCUT2D eigenvalue weighted by Crippen LogP contribution is 2.54. The molecule has 5 atom stereocenters. The second kappa shape index (κ2) is 12.4. The molecule has 0 aliphatic carbocycles. The number of ether oxygens (including phenoxy) is 2. The number of rotatable bonds is 8. The molecule has 13 heteroatoms. The van der Waals surface area contributed by atoms with Crippen molar-refractivity contribution in [2.75, 3.05) is 30.5 Å². The molecule has 1 saturated heterocycles. The van der Waals surface area contributed by atoms with Gasteiger partial charge < -0.3 is 24.8 Å². The SMILES string of the molecule is CCOc1ccccc1C1C(C2C(=O)Nc3ccccc32)[N+](C(=O)O)(S(=O)(=O)c2ccccc2OC)CC(C#N)N1c1ccncc1. The lowest BCUT2D eigenvalue weighted by atomic mass is 9.80. The topological polar surface area (TPSA) is 159 Å². The molecule has 0 radical (unpaired) electrons. The third-order valence-electron chi connectivity index (χ3n) is 8.81. The standard InChI is InChI=1S/C34H31N5O7S/c1-3-46-27-13-7-5-11-25(27)31-32(30-24-10-4-6-12-26(24)37-33(30)40)39(34(41)42,47(43,44)29-15-9-8-14-28(29)45-2)21-23(20-35)38(31)22-16-18-36-19-17-22/h4-19,23,30-32H,3,21H2,1-2H3,(H-,37,40,41,42)/p+1. The number of quaternary nitrogens is 1. The predicted molar refractivity (Wildman–Crippen MR) is 171 cm³/mol. The highest BCUT2D eigenvalue weighted by Gasteiger charge is 2.69. The number of piperazine rings is 1. The Balaban J connectivity index is 1.77. The van der Waals surface area contributed by atoms with E-state index in [4.69, 9.17) is 9.47 Å². The number of para-hydroxylation sites is 3. The zero-order chi connectivity index (χ0) is 33.3. The number of amides is 2. The average Bonchev–Trinajstić information content (AvgIpc) is 3.42. The van der Waals surface area contributed by atoms with Crippen molar-refractivity contribution in [1.82, 2.24) is 4.98 Å². The molecule has 2 aliphatic rings. The van der Waals surface area contributed by atoms with Crippen LogP contribution in [-0.4, -0.2) is 66.7 Å². The van der Waals surface area contributed by atoms with E-state index in [9.17, 15) is 20.0 Å². The van der Waals surface area contributed by atoms with Crippen molar-refractivity contribution in [2.45, 2.75) is 35.9 Å². The molecule has 240 valence electrons. The second-order valence-electron chi connectivity index (χ2n) is 11.1. The van der Waals surface area contributed by atoms with Crippen LogP contribution in [0.5, 0.6) is 11.5 Å². The summed E-state index contributed by atoms with van der Waals surface area (Å²) in [5.41, 5.74) is 1.77. The molecule has 2 aliphatic heterocycles. The van der Waals surface area contributed by atoms with E-state index in [2.05, 4.69) is 16.4 Å². The molecule has 0 saturated carbocycles. The van der Waals surface area contributed by atoms with Crippen molar-refractivity contribution in [3.05, 3.63) is 108 Å². The molecule has 4 aromatic rings. The molecule has 5 unspecified atom stereocenters. The number of fused-ring (bicyclic) bond motifs is 1. The van der Waals surface area contributed by atoms with Gasteiger partial charge >= 0.3 is 16.1 Å². The molecule has 6 rings (SSSR count). The normalized spacial score (nSPS) is 23.7. The Kier molecular flexibility index (Phi) is 8.31. The van der Waals surface area contributed by atoms with Crippen LogP contribution in [0.1, 0.15) is 30.0 Å². The smallest absolute Gasteiger partial charge is 0.495 e. The minimum Gasteiger partial charge on any atom is -0.495 e. The summed E-state index contributed by atoms with van der Waals surface area (Å²) in [6.45, 7) is 1.31. The third-order valence-corrected chi connectivity index (χ3v) is 11.1. The van der Waals surface area contributed by atoms with Crippen molar-refractivity contribution in [2.24, 2.45) is 0 Å². The fraction of sp³-hybridized carbons (Fsp3) is 0.235. The second-order valence-corrected chi connectivity index (χ2v) is 13.1. The van der Waals surface area contributed by atoms with E-state index in [0.29, 0.717) is 28.3 Å². The van der Waals surface area contributed by atoms with Crippen LogP contribution in [-0.2, 0) is 14.8 Å². The van der Waals surface area contributed by atoms with Crippen LogP contribution in [0.15, 0.2) is 102 Å². The van der Waals surface area contributed by atoms with E-state index in [1.165, 1.54) is 37.7 Å². The van der Waals surface area contributed by atoms with Gasteiger partial charge in [0.15, 0.2) is 17.0 Å². The Bertz CT molecular complexity index is 1980. The lowest BCUT2D eigenvalue weighted by molar-refractivity contribution is -0.770. The van der Waals surface area contributed by atoms with Gasteiger partial charge in [0.05, 0.1) is 19.8 Å². The zero-order valence-corrected chi connectivity index (χ0v) is 26.4. The molecule has 1 aromatic heterocycles. The Labute approximate surface area is 272 Å². The summed E-state index contributed by atoms with van der Waals surface area (Å²) < 4.78 is 40.2. The summed E-state index contributed by atoms with van der Waals surface area (Å²) >= 11 is 0. The number of carboxylic acid groups (broad SMARTS) is 1. The fourth-order valence-electron chi connectivity index (χ4n) is 6.93. The summed E-state index contributed by atoms with van der Waals surface area (Å²) in [5.74, 6) is -1.58. The van der Waals surface area contributed by atoms with Gasteiger partial charge in [0, 0.05) is 29.3 Å². The third kappa shape index (κ3) is 4.93. The first kappa shape index (κ1) is 31.5. The van der Waals surface area contributed by atoms with E-state index in [1.807, 2.05) is 0 Å². The largest absolute Gasteiger partial charge is 0.530 e. The molecular weight excluding hydrogens is 622 g/mol. The Morgan fingerprint density at radius 1 is 1.02 bits per heavy atom. The summed E-state index contributed by atoms with van der Waals surface area (Å²) in [6.07, 6.45) is 1.31. The van der Waals surface area contributed by atoms with Crippen molar-refractivity contribution in [3.8, 4) is 17.6 Å². The highest BCUT2D eigenvalue weighted by atomic mass is 32.2. The van der Waals surface area contributed by atoms with E-state index < -0.39 is 56.5 Å². The van der Waals surface area contributed by atoms with Crippen molar-refractivity contribution < 1.29 is 36.5 Å². The molecule has 12 nitrogen and oxygen atoms in total. The molecule has 2 N–H and O–H groups in total. The first-order valence-electron chi connectivity index (χ1n) is 14.9. The van der Waals surface area contributed by atoms with Crippen LogP contribution < -0.4 is 19.7 Å². The molecule has 0 bridgehead atoms. The first-order chi connectivity index (χ1) is 22.7. The summed E-state index contributed by atoms with van der Waals surface area (Å²) in [4.78, 5) is 33.6. The van der Waals surface area contributed by atoms with Gasteiger partial charge in [-0.1, -0.05) is 48.5 Å². The minimum atomic E-state index is -4.99. The molecule has 0 spiro atoms. The number of nitrogens with one attached hydrogen (secondary N) is 1. The lowest BCUT2D eigenvalue weighted by Crippen LogP contribution is -2.75. The quantitative estimate of drug-likeness (QED) is 0.250. The summed E-state index contributed by atoms with van der Waals surface area (Å²) in [7, 11) is -3.70. The number of benzene rings is 3. The van der Waals surface area contributed by atoms with Crippen molar-refractivity contribution >= 4 is 33.4 Å². The maximum absolute atomic E-state index is 15.2. The number of aromatic nitrogens is 1. The van der Waals surface area contributed by atoms with Gasteiger partial charge in [-0.05, 0) is 48.9 Å². The van der Waals surface area contributed by atoms with Gasteiger partial charge in [-0.3, -0.25) is 9.78 Å². The number of anilines is 2. The van der Waals surface area contributed by atoms with E-state index >= 15 is 8.42 Å².